The van der Waals surface area contributed by atoms with Gasteiger partial charge in [-0.15, -0.1) is 0 Å². The van der Waals surface area contributed by atoms with E-state index in [1.165, 1.54) is 0 Å². The van der Waals surface area contributed by atoms with Crippen molar-refractivity contribution in [2.24, 2.45) is 50.2 Å². The lowest BCUT2D eigenvalue weighted by atomic mass is 9.32. The maximum absolute atomic E-state index is 12.0. The van der Waals surface area contributed by atoms with E-state index < -0.39 is 29.1 Å². The Morgan fingerprint density at radius 1 is 0.800 bits per heavy atom. The summed E-state index contributed by atoms with van der Waals surface area (Å²) in [5.74, 6) is 0.579. The zero-order chi connectivity index (χ0) is 26.0. The molecule has 0 aromatic rings. The molecule has 5 heteroatoms. The number of allylic oxidation sites excluding steroid dienone is 1. The molecule has 5 aliphatic rings. The first-order chi connectivity index (χ1) is 16.0. The van der Waals surface area contributed by atoms with E-state index in [1.54, 1.807) is 0 Å². The van der Waals surface area contributed by atoms with Gasteiger partial charge in [0.2, 0.25) is 0 Å². The average molecular weight is 491 g/mol. The molecule has 0 aromatic carbocycles. The van der Waals surface area contributed by atoms with Crippen LogP contribution in [0.4, 0.5) is 0 Å². The fourth-order valence-electron chi connectivity index (χ4n) is 11.0. The number of fused-ring (bicyclic) bond motifs is 7. The van der Waals surface area contributed by atoms with Gasteiger partial charge in [-0.25, -0.2) is 0 Å². The van der Waals surface area contributed by atoms with Gasteiger partial charge in [0.05, 0.1) is 36.4 Å². The van der Waals surface area contributed by atoms with Crippen LogP contribution in [0.5, 0.6) is 0 Å². The van der Waals surface area contributed by atoms with E-state index in [0.717, 1.165) is 44.1 Å². The molecule has 4 fully saturated rings. The molecule has 5 rings (SSSR count). The third-order valence-electron chi connectivity index (χ3n) is 13.2. The van der Waals surface area contributed by atoms with Crippen molar-refractivity contribution in [3.05, 3.63) is 11.6 Å². The lowest BCUT2D eigenvalue weighted by molar-refractivity contribution is -0.272. The maximum Gasteiger partial charge on any atom is 0.0916 e. The maximum atomic E-state index is 12.0. The SMILES string of the molecule is CC1(C)C[C@@H]2C3=CC[C@@H]4[C@@]5(C)CC[C@H](O)C(C)(C)C5CC[C@@]4(C)[C@]3(C)[C@@H](O)[C@@H](O)[C@@]2(CO)[C@@H](O)C1. The van der Waals surface area contributed by atoms with E-state index in [4.69, 9.17) is 0 Å². The second-order valence-corrected chi connectivity index (χ2v) is 15.3. The monoisotopic (exact) mass is 490 g/mol. The molecule has 11 atom stereocenters. The van der Waals surface area contributed by atoms with Gasteiger partial charge in [0.1, 0.15) is 0 Å². The van der Waals surface area contributed by atoms with Crippen LogP contribution in [0.1, 0.15) is 93.4 Å². The molecule has 0 saturated heterocycles. The first-order valence-corrected chi connectivity index (χ1v) is 14.1. The molecule has 5 nitrogen and oxygen atoms in total. The highest BCUT2D eigenvalue weighted by molar-refractivity contribution is 5.38. The zero-order valence-electron chi connectivity index (χ0n) is 23.0. The predicted molar refractivity (Wildman–Crippen MR) is 136 cm³/mol. The topological polar surface area (TPSA) is 101 Å². The summed E-state index contributed by atoms with van der Waals surface area (Å²) in [5.41, 5.74) is -1.05. The second-order valence-electron chi connectivity index (χ2n) is 15.3. The number of aliphatic hydroxyl groups is 5. The van der Waals surface area contributed by atoms with E-state index in [0.29, 0.717) is 18.3 Å². The van der Waals surface area contributed by atoms with E-state index >= 15 is 0 Å². The molecule has 0 aromatic heterocycles. The normalized spacial score (nSPS) is 56.7. The third kappa shape index (κ3) is 2.94. The predicted octanol–water partition coefficient (Wildman–Crippen LogP) is 4.05. The Balaban J connectivity index is 1.66. The van der Waals surface area contributed by atoms with Gasteiger partial charge >= 0.3 is 0 Å². The number of rotatable bonds is 1. The van der Waals surface area contributed by atoms with Crippen molar-refractivity contribution < 1.29 is 25.5 Å². The fraction of sp³-hybridized carbons (Fsp3) is 0.933. The van der Waals surface area contributed by atoms with Gasteiger partial charge in [0, 0.05) is 5.41 Å². The Labute approximate surface area is 212 Å². The summed E-state index contributed by atoms with van der Waals surface area (Å²) in [6.45, 7) is 15.4. The summed E-state index contributed by atoms with van der Waals surface area (Å²) in [7, 11) is 0. The van der Waals surface area contributed by atoms with Crippen LogP contribution in [0.15, 0.2) is 11.6 Å². The summed E-state index contributed by atoms with van der Waals surface area (Å²) in [5, 5.41) is 56.7. The highest BCUT2D eigenvalue weighted by Crippen LogP contribution is 2.75. The molecular formula is C30H50O5. The number of aliphatic hydroxyl groups excluding tert-OH is 5. The van der Waals surface area contributed by atoms with Crippen LogP contribution in [0.25, 0.3) is 0 Å². The zero-order valence-corrected chi connectivity index (χ0v) is 23.0. The highest BCUT2D eigenvalue weighted by atomic mass is 16.3. The molecule has 0 radical (unpaired) electrons. The molecule has 35 heavy (non-hydrogen) atoms. The Bertz CT molecular complexity index is 910. The van der Waals surface area contributed by atoms with Crippen molar-refractivity contribution in [3.63, 3.8) is 0 Å². The minimum Gasteiger partial charge on any atom is -0.396 e. The van der Waals surface area contributed by atoms with Crippen LogP contribution >= 0.6 is 0 Å². The Morgan fingerprint density at radius 3 is 2.09 bits per heavy atom. The van der Waals surface area contributed by atoms with Crippen LogP contribution in [0.3, 0.4) is 0 Å². The van der Waals surface area contributed by atoms with Gasteiger partial charge in [-0.2, -0.15) is 0 Å². The third-order valence-corrected chi connectivity index (χ3v) is 13.2. The molecule has 0 bridgehead atoms. The molecule has 5 N–H and O–H groups in total. The van der Waals surface area contributed by atoms with Crippen molar-refractivity contribution in [1.82, 2.24) is 0 Å². The van der Waals surface area contributed by atoms with Gasteiger partial charge in [-0.3, -0.25) is 0 Å². The summed E-state index contributed by atoms with van der Waals surface area (Å²) in [6, 6.07) is 0. The Hall–Kier alpha value is -0.460. The van der Waals surface area contributed by atoms with Crippen molar-refractivity contribution >= 4 is 0 Å². The second kappa shape index (κ2) is 7.56. The number of hydrogen-bond donors (Lipinski definition) is 5. The first-order valence-electron chi connectivity index (χ1n) is 14.1. The van der Waals surface area contributed by atoms with Crippen LogP contribution < -0.4 is 0 Å². The van der Waals surface area contributed by atoms with E-state index in [1.807, 2.05) is 0 Å². The summed E-state index contributed by atoms with van der Waals surface area (Å²) >= 11 is 0. The summed E-state index contributed by atoms with van der Waals surface area (Å²) in [4.78, 5) is 0. The molecular weight excluding hydrogens is 440 g/mol. The average Bonchev–Trinajstić information content (AvgIpc) is 2.75. The van der Waals surface area contributed by atoms with Crippen LogP contribution in [0, 0.1) is 50.2 Å². The van der Waals surface area contributed by atoms with Gasteiger partial charge in [0.15, 0.2) is 0 Å². The van der Waals surface area contributed by atoms with Crippen molar-refractivity contribution in [2.75, 3.05) is 6.61 Å². The van der Waals surface area contributed by atoms with Gasteiger partial charge in [0.25, 0.3) is 0 Å². The van der Waals surface area contributed by atoms with Crippen molar-refractivity contribution in [1.29, 1.82) is 0 Å². The minimum absolute atomic E-state index is 0.0440. The summed E-state index contributed by atoms with van der Waals surface area (Å²) < 4.78 is 0. The fourth-order valence-corrected chi connectivity index (χ4v) is 11.0. The summed E-state index contributed by atoms with van der Waals surface area (Å²) in [6.07, 6.45) is 4.90. The van der Waals surface area contributed by atoms with Crippen molar-refractivity contribution in [2.45, 2.75) is 118 Å². The largest absolute Gasteiger partial charge is 0.396 e. The van der Waals surface area contributed by atoms with Crippen LogP contribution in [0.2, 0.25) is 0 Å². The number of hydrogen-bond acceptors (Lipinski definition) is 5. The molecule has 0 spiro atoms. The lowest BCUT2D eigenvalue weighted by Gasteiger charge is -2.73. The molecule has 4 saturated carbocycles. The highest BCUT2D eigenvalue weighted by Gasteiger charge is 2.73. The first kappa shape index (κ1) is 26.2. The molecule has 0 amide bonds. The molecule has 5 aliphatic carbocycles. The molecule has 0 aliphatic heterocycles. The van der Waals surface area contributed by atoms with E-state index in [2.05, 4.69) is 54.5 Å². The molecule has 1 unspecified atom stereocenters. The lowest BCUT2D eigenvalue weighted by Crippen LogP contribution is -2.74. The van der Waals surface area contributed by atoms with Gasteiger partial charge in [-0.05, 0) is 84.4 Å². The minimum atomic E-state index is -1.18. The smallest absolute Gasteiger partial charge is 0.0916 e. The van der Waals surface area contributed by atoms with E-state index in [-0.39, 0.29) is 40.3 Å². The van der Waals surface area contributed by atoms with Crippen LogP contribution in [-0.2, 0) is 0 Å². The van der Waals surface area contributed by atoms with Crippen LogP contribution in [-0.4, -0.2) is 56.6 Å². The Kier molecular flexibility index (Phi) is 5.65. The van der Waals surface area contributed by atoms with Gasteiger partial charge in [-0.1, -0.05) is 60.1 Å². The van der Waals surface area contributed by atoms with Gasteiger partial charge < -0.3 is 25.5 Å². The van der Waals surface area contributed by atoms with E-state index in [9.17, 15) is 25.5 Å². The molecule has 0 heterocycles. The van der Waals surface area contributed by atoms with Crippen molar-refractivity contribution in [3.8, 4) is 0 Å². The quantitative estimate of drug-likeness (QED) is 0.357. The molecule has 200 valence electrons. The standard InChI is InChI=1S/C30H50O5/c1-25(2)14-18-17-8-9-20-27(5)12-11-21(32)26(3,4)19(27)10-13-28(20,6)29(17,7)23(34)24(35)30(18,16-31)22(33)15-25/h8,18-24,31-35H,9-16H2,1-7H3/t18-,19?,20-,21+,22+,23+,24-,27+,28-,29+,30-/m1/s1. The Morgan fingerprint density at radius 2 is 1.46 bits per heavy atom.